The van der Waals surface area contributed by atoms with Gasteiger partial charge in [0.25, 0.3) is 0 Å². The van der Waals surface area contributed by atoms with E-state index >= 15 is 0 Å². The van der Waals surface area contributed by atoms with Crippen LogP contribution in [-0.2, 0) is 19.5 Å². The monoisotopic (exact) mass is 516 g/mol. The number of methoxy groups -OCH3 is 2. The number of hydrogen-bond donors (Lipinski definition) is 2. The number of fused-ring (bicyclic) bond motifs is 1. The third kappa shape index (κ3) is 5.99. The number of ether oxygens (including phenoxy) is 2. The number of rotatable bonds is 7. The summed E-state index contributed by atoms with van der Waals surface area (Å²) in [7, 11) is 5.18. The minimum atomic E-state index is 0. The second-order valence-corrected chi connectivity index (χ2v) is 7.47. The van der Waals surface area contributed by atoms with Crippen LogP contribution in [0.5, 0.6) is 11.5 Å². The molecule has 0 atom stereocenters. The number of guanidine groups is 1. The van der Waals surface area contributed by atoms with E-state index in [0.29, 0.717) is 0 Å². The lowest BCUT2D eigenvalue weighted by atomic mass is 9.99. The van der Waals surface area contributed by atoms with Crippen molar-refractivity contribution in [2.45, 2.75) is 19.5 Å². The molecule has 1 aliphatic heterocycles. The molecule has 0 amide bonds. The van der Waals surface area contributed by atoms with Gasteiger partial charge in [0.15, 0.2) is 17.5 Å². The van der Waals surface area contributed by atoms with Crippen molar-refractivity contribution in [3.8, 4) is 11.5 Å². The first-order chi connectivity index (χ1) is 13.2. The van der Waals surface area contributed by atoms with Crippen LogP contribution in [0.3, 0.4) is 0 Å². The summed E-state index contributed by atoms with van der Waals surface area (Å²) < 4.78 is 10.9. The van der Waals surface area contributed by atoms with E-state index in [2.05, 4.69) is 50.2 Å². The van der Waals surface area contributed by atoms with Gasteiger partial charge in [0, 0.05) is 38.1 Å². The number of halogens is 1. The molecule has 2 aromatic rings. The van der Waals surface area contributed by atoms with Crippen molar-refractivity contribution in [3.05, 3.63) is 45.6 Å². The molecule has 2 N–H and O–H groups in total. The van der Waals surface area contributed by atoms with Gasteiger partial charge < -0.3 is 20.1 Å². The third-order valence-corrected chi connectivity index (χ3v) is 5.63. The van der Waals surface area contributed by atoms with Gasteiger partial charge in [-0.25, -0.2) is 0 Å². The van der Waals surface area contributed by atoms with E-state index in [0.717, 1.165) is 56.6 Å². The molecule has 1 aromatic carbocycles. The van der Waals surface area contributed by atoms with Gasteiger partial charge in [-0.2, -0.15) is 0 Å². The van der Waals surface area contributed by atoms with E-state index in [1.54, 1.807) is 32.6 Å². The molecule has 0 radical (unpaired) electrons. The zero-order valence-corrected chi connectivity index (χ0v) is 19.8. The maximum Gasteiger partial charge on any atom is 0.191 e. The Morgan fingerprint density at radius 3 is 2.57 bits per heavy atom. The SMILES string of the molecule is CN=C(NCCN1CCc2cc(OC)c(OC)cc2C1)NCc1cccs1.I. The molecule has 0 spiro atoms. The zero-order chi connectivity index (χ0) is 19.1. The molecule has 3 rings (SSSR count). The summed E-state index contributed by atoms with van der Waals surface area (Å²) in [4.78, 5) is 8.05. The molecule has 0 aliphatic carbocycles. The average molecular weight is 516 g/mol. The molecular weight excluding hydrogens is 487 g/mol. The molecule has 1 aromatic heterocycles. The normalized spacial score (nSPS) is 14.0. The Hall–Kier alpha value is -1.52. The van der Waals surface area contributed by atoms with Crippen molar-refractivity contribution in [3.63, 3.8) is 0 Å². The Morgan fingerprint density at radius 2 is 1.93 bits per heavy atom. The maximum absolute atomic E-state index is 5.44. The summed E-state index contributed by atoms with van der Waals surface area (Å²) in [5, 5.41) is 8.84. The van der Waals surface area contributed by atoms with E-state index in [9.17, 15) is 0 Å². The van der Waals surface area contributed by atoms with Crippen molar-refractivity contribution >= 4 is 41.3 Å². The van der Waals surface area contributed by atoms with Gasteiger partial charge >= 0.3 is 0 Å². The second-order valence-electron chi connectivity index (χ2n) is 6.43. The van der Waals surface area contributed by atoms with Gasteiger partial charge in [0.1, 0.15) is 0 Å². The predicted molar refractivity (Wildman–Crippen MR) is 126 cm³/mol. The number of nitrogens with one attached hydrogen (secondary N) is 2. The molecule has 0 saturated carbocycles. The van der Waals surface area contributed by atoms with Gasteiger partial charge in [0.05, 0.1) is 20.8 Å². The largest absolute Gasteiger partial charge is 0.493 e. The first-order valence-electron chi connectivity index (χ1n) is 9.16. The van der Waals surface area contributed by atoms with Crippen molar-refractivity contribution < 1.29 is 9.47 Å². The van der Waals surface area contributed by atoms with Crippen molar-refractivity contribution in [2.75, 3.05) is 40.9 Å². The fraction of sp³-hybridized carbons (Fsp3) is 0.450. The van der Waals surface area contributed by atoms with Crippen molar-refractivity contribution in [1.82, 2.24) is 15.5 Å². The van der Waals surface area contributed by atoms with E-state index in [1.165, 1.54) is 16.0 Å². The number of hydrogen-bond acceptors (Lipinski definition) is 5. The van der Waals surface area contributed by atoms with Crippen LogP contribution in [0, 0.1) is 0 Å². The molecule has 1 aliphatic rings. The number of thiophene rings is 1. The average Bonchev–Trinajstić information content (AvgIpc) is 3.22. The van der Waals surface area contributed by atoms with E-state index in [4.69, 9.17) is 9.47 Å². The highest BCUT2D eigenvalue weighted by atomic mass is 127. The fourth-order valence-corrected chi connectivity index (χ4v) is 3.91. The lowest BCUT2D eigenvalue weighted by molar-refractivity contribution is 0.256. The number of benzene rings is 1. The predicted octanol–water partition coefficient (Wildman–Crippen LogP) is 3.11. The van der Waals surface area contributed by atoms with Crippen molar-refractivity contribution in [2.24, 2.45) is 4.99 Å². The first kappa shape index (κ1) is 22.8. The highest BCUT2D eigenvalue weighted by molar-refractivity contribution is 14.0. The summed E-state index contributed by atoms with van der Waals surface area (Å²) in [5.74, 6) is 2.45. The summed E-state index contributed by atoms with van der Waals surface area (Å²) in [6.45, 7) is 4.60. The van der Waals surface area contributed by atoms with E-state index in [-0.39, 0.29) is 24.0 Å². The minimum absolute atomic E-state index is 0. The van der Waals surface area contributed by atoms with Crippen LogP contribution in [0.2, 0.25) is 0 Å². The lowest BCUT2D eigenvalue weighted by Crippen LogP contribution is -2.42. The van der Waals surface area contributed by atoms with E-state index < -0.39 is 0 Å². The molecule has 8 heteroatoms. The van der Waals surface area contributed by atoms with Gasteiger partial charge in [-0.15, -0.1) is 35.3 Å². The Bertz CT molecular complexity index is 768. The highest BCUT2D eigenvalue weighted by Crippen LogP contribution is 2.33. The summed E-state index contributed by atoms with van der Waals surface area (Å²) >= 11 is 1.75. The maximum atomic E-state index is 5.44. The molecule has 0 bridgehead atoms. The molecule has 28 heavy (non-hydrogen) atoms. The van der Waals surface area contributed by atoms with Crippen LogP contribution < -0.4 is 20.1 Å². The number of nitrogens with zero attached hydrogens (tertiary/aromatic N) is 2. The molecule has 0 unspecified atom stereocenters. The standard InChI is InChI=1S/C20H28N4O2S.HI/c1-21-20(23-13-17-5-4-10-27-17)22-7-9-24-8-6-15-11-18(25-2)19(26-3)12-16(15)14-24;/h4-5,10-12H,6-9,13-14H2,1-3H3,(H2,21,22,23);1H. The third-order valence-electron chi connectivity index (χ3n) is 4.75. The van der Waals surface area contributed by atoms with Crippen LogP contribution in [0.1, 0.15) is 16.0 Å². The second kappa shape index (κ2) is 11.5. The molecule has 0 saturated heterocycles. The first-order valence-corrected chi connectivity index (χ1v) is 10.0. The van der Waals surface area contributed by atoms with Gasteiger partial charge in [0.2, 0.25) is 0 Å². The Labute approximate surface area is 188 Å². The molecule has 2 heterocycles. The van der Waals surface area contributed by atoms with Crippen LogP contribution >= 0.6 is 35.3 Å². The summed E-state index contributed by atoms with van der Waals surface area (Å²) in [6, 6.07) is 8.41. The van der Waals surface area contributed by atoms with Crippen LogP contribution in [0.4, 0.5) is 0 Å². The van der Waals surface area contributed by atoms with Crippen LogP contribution in [-0.4, -0.2) is 51.8 Å². The van der Waals surface area contributed by atoms with E-state index in [1.807, 2.05) is 0 Å². The molecular formula is C20H29IN4O2S. The molecule has 6 nitrogen and oxygen atoms in total. The topological polar surface area (TPSA) is 58.1 Å². The van der Waals surface area contributed by atoms with Crippen LogP contribution in [0.15, 0.2) is 34.6 Å². The zero-order valence-electron chi connectivity index (χ0n) is 16.7. The van der Waals surface area contributed by atoms with Gasteiger partial charge in [-0.05, 0) is 41.1 Å². The Balaban J connectivity index is 0.00000280. The van der Waals surface area contributed by atoms with Crippen molar-refractivity contribution in [1.29, 1.82) is 0 Å². The quantitative estimate of drug-likeness (QED) is 0.337. The summed E-state index contributed by atoms with van der Waals surface area (Å²) in [6.07, 6.45) is 1.03. The number of aliphatic imine (C=N–C) groups is 1. The van der Waals surface area contributed by atoms with Crippen LogP contribution in [0.25, 0.3) is 0 Å². The fourth-order valence-electron chi connectivity index (χ4n) is 3.27. The molecule has 154 valence electrons. The molecule has 0 fully saturated rings. The minimum Gasteiger partial charge on any atom is -0.493 e. The van der Waals surface area contributed by atoms with Gasteiger partial charge in [-0.1, -0.05) is 6.07 Å². The Morgan fingerprint density at radius 1 is 1.18 bits per heavy atom. The Kier molecular flexibility index (Phi) is 9.33. The summed E-state index contributed by atoms with van der Waals surface area (Å²) in [5.41, 5.74) is 2.67. The highest BCUT2D eigenvalue weighted by Gasteiger charge is 2.19. The lowest BCUT2D eigenvalue weighted by Gasteiger charge is -2.29. The van der Waals surface area contributed by atoms with Gasteiger partial charge in [-0.3, -0.25) is 9.89 Å². The smallest absolute Gasteiger partial charge is 0.191 e.